The van der Waals surface area contributed by atoms with Crippen LogP contribution in [-0.2, 0) is 10.1 Å². The van der Waals surface area contributed by atoms with Gasteiger partial charge in [0, 0.05) is 0 Å². The largest absolute Gasteiger partial charge is 0.744 e. The number of hydrogen-bond acceptors (Lipinski definition) is 3. The average molecular weight is 301 g/mol. The molecule has 0 N–H and O–H groups in total. The normalized spacial score (nSPS) is 11.7. The lowest BCUT2D eigenvalue weighted by molar-refractivity contribution is -0.923. The van der Waals surface area contributed by atoms with Gasteiger partial charge in [0.15, 0.2) is 0 Å². The van der Waals surface area contributed by atoms with E-state index in [-0.39, 0.29) is 4.90 Å². The van der Waals surface area contributed by atoms with Crippen LogP contribution in [0.25, 0.3) is 0 Å². The average Bonchev–Trinajstić information content (AvgIpc) is 2.46. The molecule has 0 fully saturated rings. The fourth-order valence-corrected chi connectivity index (χ4v) is 2.70. The fraction of sp³-hybridized carbons (Fsp3) is 0.600. The SMILES string of the molecule is CCC[N+](CC)(CC)CC.O=S(=O)([O-])c1ccccc1. The molecule has 4 nitrogen and oxygen atoms in total. The minimum Gasteiger partial charge on any atom is -0.744 e. The van der Waals surface area contributed by atoms with Crippen molar-refractivity contribution in [2.24, 2.45) is 0 Å². The third-order valence-corrected chi connectivity index (χ3v) is 4.59. The number of quaternary nitrogens is 1. The van der Waals surface area contributed by atoms with Crippen molar-refractivity contribution in [3.05, 3.63) is 30.3 Å². The van der Waals surface area contributed by atoms with Crippen LogP contribution < -0.4 is 0 Å². The summed E-state index contributed by atoms with van der Waals surface area (Å²) in [5, 5.41) is 0. The highest BCUT2D eigenvalue weighted by molar-refractivity contribution is 7.85. The highest BCUT2D eigenvalue weighted by Gasteiger charge is 2.18. The van der Waals surface area contributed by atoms with E-state index in [1.807, 2.05) is 0 Å². The van der Waals surface area contributed by atoms with Gasteiger partial charge in [0.05, 0.1) is 31.1 Å². The van der Waals surface area contributed by atoms with Crippen LogP contribution in [0, 0.1) is 0 Å². The number of nitrogens with zero attached hydrogens (tertiary/aromatic N) is 1. The van der Waals surface area contributed by atoms with E-state index in [9.17, 15) is 13.0 Å². The van der Waals surface area contributed by atoms with Crippen molar-refractivity contribution in [1.82, 2.24) is 0 Å². The quantitative estimate of drug-likeness (QED) is 0.599. The molecule has 0 aliphatic rings. The predicted octanol–water partition coefficient (Wildman–Crippen LogP) is 2.86. The molecule has 0 spiro atoms. The van der Waals surface area contributed by atoms with E-state index in [0.717, 1.165) is 0 Å². The van der Waals surface area contributed by atoms with Crippen LogP contribution in [0.5, 0.6) is 0 Å². The third kappa shape index (κ3) is 6.50. The van der Waals surface area contributed by atoms with Crippen molar-refractivity contribution in [1.29, 1.82) is 0 Å². The van der Waals surface area contributed by atoms with Gasteiger partial charge in [-0.15, -0.1) is 0 Å². The van der Waals surface area contributed by atoms with Gasteiger partial charge in [0.2, 0.25) is 0 Å². The maximum Gasteiger partial charge on any atom is 0.124 e. The molecule has 0 heterocycles. The van der Waals surface area contributed by atoms with Crippen molar-refractivity contribution in [2.45, 2.75) is 39.0 Å². The van der Waals surface area contributed by atoms with Crippen molar-refractivity contribution >= 4 is 10.1 Å². The molecule has 0 saturated carbocycles. The highest BCUT2D eigenvalue weighted by atomic mass is 32.2. The Morgan fingerprint density at radius 1 is 0.950 bits per heavy atom. The van der Waals surface area contributed by atoms with Gasteiger partial charge in [0.25, 0.3) is 0 Å². The summed E-state index contributed by atoms with van der Waals surface area (Å²) in [4.78, 5) is -0.185. The summed E-state index contributed by atoms with van der Waals surface area (Å²) in [6.45, 7) is 14.4. The molecule has 0 unspecified atom stereocenters. The Morgan fingerprint density at radius 3 is 1.60 bits per heavy atom. The van der Waals surface area contributed by atoms with Gasteiger partial charge >= 0.3 is 0 Å². The zero-order valence-corrected chi connectivity index (χ0v) is 13.8. The number of hydrogen-bond donors (Lipinski definition) is 0. The maximum atomic E-state index is 10.3. The molecule has 1 rings (SSSR count). The molecule has 0 aliphatic carbocycles. The summed E-state index contributed by atoms with van der Waals surface area (Å²) in [7, 11) is -4.25. The van der Waals surface area contributed by atoms with Gasteiger partial charge in [-0.2, -0.15) is 0 Å². The lowest BCUT2D eigenvalue weighted by Crippen LogP contribution is -2.47. The van der Waals surface area contributed by atoms with Crippen molar-refractivity contribution < 1.29 is 17.5 Å². The van der Waals surface area contributed by atoms with Crippen LogP contribution in [0.1, 0.15) is 34.1 Å². The fourth-order valence-electron chi connectivity index (χ4n) is 2.21. The first-order chi connectivity index (χ1) is 9.35. The molecule has 0 radical (unpaired) electrons. The summed E-state index contributed by atoms with van der Waals surface area (Å²) in [6, 6.07) is 7.19. The van der Waals surface area contributed by atoms with Gasteiger partial charge in [-0.3, -0.25) is 0 Å². The first kappa shape index (κ1) is 19.1. The van der Waals surface area contributed by atoms with E-state index < -0.39 is 10.1 Å². The van der Waals surface area contributed by atoms with Crippen LogP contribution in [0.4, 0.5) is 0 Å². The lowest BCUT2D eigenvalue weighted by atomic mass is 10.3. The van der Waals surface area contributed by atoms with Gasteiger partial charge in [-0.25, -0.2) is 8.42 Å². The van der Waals surface area contributed by atoms with Crippen LogP contribution in [0.2, 0.25) is 0 Å². The molecule has 5 heteroatoms. The van der Waals surface area contributed by atoms with E-state index in [4.69, 9.17) is 0 Å². The van der Waals surface area contributed by atoms with E-state index in [2.05, 4.69) is 27.7 Å². The molecular formula is C15H27NO3S. The molecule has 0 amide bonds. The zero-order chi connectivity index (χ0) is 15.6. The van der Waals surface area contributed by atoms with Crippen molar-refractivity contribution in [3.8, 4) is 0 Å². The first-order valence-corrected chi connectivity index (χ1v) is 8.62. The summed E-state index contributed by atoms with van der Waals surface area (Å²) in [5.74, 6) is 0. The second-order valence-electron chi connectivity index (χ2n) is 4.78. The maximum absolute atomic E-state index is 10.3. The molecule has 0 atom stereocenters. The Labute approximate surface area is 123 Å². The van der Waals surface area contributed by atoms with Gasteiger partial charge in [0.1, 0.15) is 10.1 Å². The number of benzene rings is 1. The standard InChI is InChI=1S/C9H22N.C6H6O3S/c1-5-9-10(6-2,7-3)8-4;7-10(8,9)6-4-2-1-3-5-6/h5-9H2,1-4H3;1-5H,(H,7,8,9)/q+1;/p-1. The van der Waals surface area contributed by atoms with Gasteiger partial charge in [-0.05, 0) is 39.3 Å². The van der Waals surface area contributed by atoms with Gasteiger partial charge in [-0.1, -0.05) is 25.1 Å². The van der Waals surface area contributed by atoms with Crippen LogP contribution in [0.3, 0.4) is 0 Å². The Balaban J connectivity index is 0.000000361. The molecular weight excluding hydrogens is 274 g/mol. The minimum absolute atomic E-state index is 0.185. The number of rotatable bonds is 6. The van der Waals surface area contributed by atoms with Crippen LogP contribution in [-0.4, -0.2) is 43.6 Å². The smallest absolute Gasteiger partial charge is 0.124 e. The first-order valence-electron chi connectivity index (χ1n) is 7.21. The highest BCUT2D eigenvalue weighted by Crippen LogP contribution is 2.06. The Bertz CT molecular complexity index is 445. The molecule has 1 aromatic carbocycles. The van der Waals surface area contributed by atoms with Crippen LogP contribution in [0.15, 0.2) is 35.2 Å². The molecule has 116 valence electrons. The van der Waals surface area contributed by atoms with E-state index >= 15 is 0 Å². The van der Waals surface area contributed by atoms with Crippen molar-refractivity contribution in [3.63, 3.8) is 0 Å². The lowest BCUT2D eigenvalue weighted by Gasteiger charge is -2.35. The van der Waals surface area contributed by atoms with Crippen molar-refractivity contribution in [2.75, 3.05) is 26.2 Å². The topological polar surface area (TPSA) is 57.2 Å². The Hall–Kier alpha value is -0.910. The second kappa shape index (κ2) is 9.10. The molecule has 1 aromatic rings. The van der Waals surface area contributed by atoms with E-state index in [0.29, 0.717) is 0 Å². The molecule has 0 saturated heterocycles. The molecule has 0 aromatic heterocycles. The molecule has 20 heavy (non-hydrogen) atoms. The summed E-state index contributed by atoms with van der Waals surface area (Å²) in [5.41, 5.74) is 0. The summed E-state index contributed by atoms with van der Waals surface area (Å²) >= 11 is 0. The van der Waals surface area contributed by atoms with E-state index in [1.54, 1.807) is 6.07 Å². The molecule has 0 bridgehead atoms. The minimum atomic E-state index is -4.25. The Kier molecular flexibility index (Phi) is 8.69. The van der Waals surface area contributed by atoms with E-state index in [1.165, 1.54) is 61.3 Å². The second-order valence-corrected chi connectivity index (χ2v) is 6.16. The van der Waals surface area contributed by atoms with Gasteiger partial charge < -0.3 is 9.04 Å². The third-order valence-electron chi connectivity index (χ3n) is 3.74. The monoisotopic (exact) mass is 301 g/mol. The van der Waals surface area contributed by atoms with Crippen LogP contribution >= 0.6 is 0 Å². The Morgan fingerprint density at radius 2 is 1.40 bits per heavy atom. The zero-order valence-electron chi connectivity index (χ0n) is 13.0. The predicted molar refractivity (Wildman–Crippen MR) is 81.4 cm³/mol. The summed E-state index contributed by atoms with van der Waals surface area (Å²) in [6.07, 6.45) is 1.32. The molecule has 0 aliphatic heterocycles. The summed E-state index contributed by atoms with van der Waals surface area (Å²) < 4.78 is 32.1.